The van der Waals surface area contributed by atoms with E-state index in [2.05, 4.69) is 0 Å². The quantitative estimate of drug-likeness (QED) is 0.835. The number of benzene rings is 2. The molecule has 0 amide bonds. The van der Waals surface area contributed by atoms with Crippen LogP contribution in [0.1, 0.15) is 10.4 Å². The van der Waals surface area contributed by atoms with E-state index in [9.17, 15) is 18.7 Å². The summed E-state index contributed by atoms with van der Waals surface area (Å²) in [6.45, 7) is 0. The van der Waals surface area contributed by atoms with E-state index in [0.717, 1.165) is 18.2 Å². The first-order valence-electron chi connectivity index (χ1n) is 5.01. The van der Waals surface area contributed by atoms with Crippen molar-refractivity contribution in [3.8, 4) is 16.9 Å². The fourth-order valence-electron chi connectivity index (χ4n) is 1.60. The maximum absolute atomic E-state index is 13.5. The molecular weight excluding hydrogens is 281 g/mol. The molecular formula is C13H9F2KO3. The van der Waals surface area contributed by atoms with E-state index >= 15 is 0 Å². The monoisotopic (exact) mass is 290 g/mol. The van der Waals surface area contributed by atoms with Crippen LogP contribution in [0.25, 0.3) is 11.1 Å². The van der Waals surface area contributed by atoms with Gasteiger partial charge >= 0.3 is 57.4 Å². The molecule has 2 aromatic carbocycles. The second-order valence-electron chi connectivity index (χ2n) is 3.66. The summed E-state index contributed by atoms with van der Waals surface area (Å²) in [6, 6.07) is 6.64. The van der Waals surface area contributed by atoms with Crippen molar-refractivity contribution in [1.29, 1.82) is 0 Å². The summed E-state index contributed by atoms with van der Waals surface area (Å²) in [7, 11) is 0. The normalized spacial score (nSPS) is 9.79. The number of hydrogen-bond acceptors (Lipinski definition) is 2. The molecule has 0 aliphatic carbocycles. The average Bonchev–Trinajstić information content (AvgIpc) is 2.30. The van der Waals surface area contributed by atoms with Gasteiger partial charge in [0.1, 0.15) is 22.9 Å². The van der Waals surface area contributed by atoms with Gasteiger partial charge in [-0.2, -0.15) is 0 Å². The Hall–Kier alpha value is -0.794. The number of carboxylic acids is 1. The van der Waals surface area contributed by atoms with Crippen LogP contribution in [0.3, 0.4) is 0 Å². The van der Waals surface area contributed by atoms with Gasteiger partial charge < -0.3 is 10.2 Å². The number of aromatic carboxylic acids is 1. The molecule has 3 nitrogen and oxygen atoms in total. The maximum atomic E-state index is 13.5. The van der Waals surface area contributed by atoms with Crippen LogP contribution in [0.4, 0.5) is 8.78 Å². The topological polar surface area (TPSA) is 57.5 Å². The van der Waals surface area contributed by atoms with Gasteiger partial charge in [0.05, 0.1) is 0 Å². The van der Waals surface area contributed by atoms with Crippen LogP contribution in [0.15, 0.2) is 36.4 Å². The van der Waals surface area contributed by atoms with Crippen LogP contribution in [0, 0.1) is 11.6 Å². The second kappa shape index (κ2) is 6.58. The van der Waals surface area contributed by atoms with E-state index in [1.54, 1.807) is 0 Å². The summed E-state index contributed by atoms with van der Waals surface area (Å²) in [5.41, 5.74) is -0.0159. The van der Waals surface area contributed by atoms with E-state index in [1.165, 1.54) is 12.1 Å². The molecule has 0 aliphatic rings. The molecule has 19 heavy (non-hydrogen) atoms. The minimum atomic E-state index is -1.32. The third-order valence-corrected chi connectivity index (χ3v) is 2.47. The first-order chi connectivity index (χ1) is 8.49. The third kappa shape index (κ3) is 3.61. The molecule has 0 fully saturated rings. The number of carbonyl (C=O) groups is 1. The number of phenols is 1. The molecule has 0 bridgehead atoms. The molecule has 0 atom stereocenters. The van der Waals surface area contributed by atoms with Crippen molar-refractivity contribution >= 4 is 57.4 Å². The fourth-order valence-corrected chi connectivity index (χ4v) is 1.60. The predicted molar refractivity (Wildman–Crippen MR) is 67.6 cm³/mol. The Morgan fingerprint density at radius 1 is 1.05 bits per heavy atom. The van der Waals surface area contributed by atoms with Crippen LogP contribution in [-0.4, -0.2) is 67.6 Å². The molecule has 0 saturated heterocycles. The van der Waals surface area contributed by atoms with Crippen LogP contribution < -0.4 is 0 Å². The fraction of sp³-hybridized carbons (Fsp3) is 0. The first-order valence-corrected chi connectivity index (χ1v) is 5.01. The molecule has 0 saturated carbocycles. The molecule has 2 aromatic rings. The predicted octanol–water partition coefficient (Wildman–Crippen LogP) is 2.39. The summed E-state index contributed by atoms with van der Waals surface area (Å²) in [6.07, 6.45) is 0. The van der Waals surface area contributed by atoms with Gasteiger partial charge in [0.2, 0.25) is 0 Å². The molecule has 94 valence electrons. The molecule has 0 unspecified atom stereocenters. The van der Waals surface area contributed by atoms with Crippen molar-refractivity contribution in [3.05, 3.63) is 53.6 Å². The van der Waals surface area contributed by atoms with Gasteiger partial charge in [-0.1, -0.05) is 6.07 Å². The number of rotatable bonds is 2. The second-order valence-corrected chi connectivity index (χ2v) is 3.66. The Morgan fingerprint density at radius 2 is 1.74 bits per heavy atom. The van der Waals surface area contributed by atoms with Gasteiger partial charge in [-0.3, -0.25) is 0 Å². The molecule has 6 heteroatoms. The Labute approximate surface area is 150 Å². The molecule has 0 radical (unpaired) electrons. The zero-order valence-electron chi connectivity index (χ0n) is 9.02. The van der Waals surface area contributed by atoms with E-state index in [-0.39, 0.29) is 68.1 Å². The van der Waals surface area contributed by atoms with Crippen LogP contribution in [0.5, 0.6) is 5.75 Å². The summed E-state index contributed by atoms with van der Waals surface area (Å²) in [5.74, 6) is -3.24. The van der Waals surface area contributed by atoms with Gasteiger partial charge in [0, 0.05) is 11.6 Å². The number of hydrogen-bond donors (Lipinski definition) is 2. The van der Waals surface area contributed by atoms with E-state index in [4.69, 9.17) is 5.11 Å². The Balaban J connectivity index is 0.00000180. The standard InChI is InChI=1S/C13H8F2O3.K.H/c14-8-2-3-9(11(15)6-8)7-1-4-12(16)10(5-7)13(17)18;;/h1-6,16H,(H,17,18);;. The third-order valence-electron chi connectivity index (χ3n) is 2.47. The van der Waals surface area contributed by atoms with Gasteiger partial charge in [0.15, 0.2) is 0 Å². The van der Waals surface area contributed by atoms with Crippen molar-refractivity contribution in [3.63, 3.8) is 0 Å². The zero-order chi connectivity index (χ0) is 13.3. The summed E-state index contributed by atoms with van der Waals surface area (Å²) in [5, 5.41) is 18.2. The van der Waals surface area contributed by atoms with Crippen LogP contribution in [-0.2, 0) is 0 Å². The molecule has 2 rings (SSSR count). The number of aromatic hydroxyl groups is 1. The molecule has 0 spiro atoms. The summed E-state index contributed by atoms with van der Waals surface area (Å²) < 4.78 is 26.3. The van der Waals surface area contributed by atoms with Gasteiger partial charge in [-0.25, -0.2) is 13.6 Å². The summed E-state index contributed by atoms with van der Waals surface area (Å²) >= 11 is 0. The van der Waals surface area contributed by atoms with Crippen molar-refractivity contribution in [2.24, 2.45) is 0 Å². The molecule has 2 N–H and O–H groups in total. The SMILES string of the molecule is O=C(O)c1cc(-c2ccc(F)cc2F)ccc1O.[KH]. The average molecular weight is 290 g/mol. The van der Waals surface area contributed by atoms with E-state index in [1.807, 2.05) is 0 Å². The van der Waals surface area contributed by atoms with E-state index < -0.39 is 23.4 Å². The zero-order valence-corrected chi connectivity index (χ0v) is 9.02. The Bertz CT molecular complexity index is 629. The van der Waals surface area contributed by atoms with Crippen molar-refractivity contribution < 1.29 is 23.8 Å². The minimum absolute atomic E-state index is 0. The Morgan fingerprint density at radius 3 is 2.32 bits per heavy atom. The molecule has 0 heterocycles. The number of halogens is 2. The van der Waals surface area contributed by atoms with Gasteiger partial charge in [-0.15, -0.1) is 0 Å². The number of carboxylic acid groups (broad SMARTS) is 1. The van der Waals surface area contributed by atoms with Crippen LogP contribution in [0.2, 0.25) is 0 Å². The Kier molecular flexibility index (Phi) is 5.63. The summed E-state index contributed by atoms with van der Waals surface area (Å²) in [4.78, 5) is 10.8. The van der Waals surface area contributed by atoms with Gasteiger partial charge in [0.25, 0.3) is 0 Å². The van der Waals surface area contributed by atoms with Crippen LogP contribution >= 0.6 is 0 Å². The first kappa shape index (κ1) is 16.3. The van der Waals surface area contributed by atoms with Crippen molar-refractivity contribution in [2.45, 2.75) is 0 Å². The van der Waals surface area contributed by atoms with Crippen molar-refractivity contribution in [2.75, 3.05) is 0 Å². The van der Waals surface area contributed by atoms with Gasteiger partial charge in [-0.05, 0) is 29.8 Å². The van der Waals surface area contributed by atoms with Crippen molar-refractivity contribution in [1.82, 2.24) is 0 Å². The van der Waals surface area contributed by atoms with E-state index in [0.29, 0.717) is 6.07 Å². The molecule has 0 aliphatic heterocycles. The molecule has 0 aromatic heterocycles.